The molecule has 8 heteroatoms. The fraction of sp³-hybridized carbons (Fsp3) is 0.316. The zero-order valence-corrected chi connectivity index (χ0v) is 15.0. The van der Waals surface area contributed by atoms with Crippen molar-refractivity contribution in [2.75, 3.05) is 18.1 Å². The van der Waals surface area contributed by atoms with E-state index < -0.39 is 0 Å². The van der Waals surface area contributed by atoms with Crippen LogP contribution in [0.5, 0.6) is 0 Å². The molecule has 1 amide bonds. The summed E-state index contributed by atoms with van der Waals surface area (Å²) in [7, 11) is 0. The Hall–Kier alpha value is -3.13. The van der Waals surface area contributed by atoms with E-state index in [0.29, 0.717) is 18.1 Å². The molecule has 8 nitrogen and oxygen atoms in total. The first-order chi connectivity index (χ1) is 13.2. The first-order valence-electron chi connectivity index (χ1n) is 8.91. The molecule has 1 atom stereocenters. The third kappa shape index (κ3) is 3.70. The summed E-state index contributed by atoms with van der Waals surface area (Å²) in [5.41, 5.74) is 1.51. The number of carbonyl (C=O) groups is 1. The molecule has 138 valence electrons. The van der Waals surface area contributed by atoms with Crippen molar-refractivity contribution in [3.8, 4) is 5.69 Å². The highest BCUT2D eigenvalue weighted by Gasteiger charge is 2.28. The van der Waals surface area contributed by atoms with Gasteiger partial charge in [0.1, 0.15) is 5.82 Å². The second-order valence-corrected chi connectivity index (χ2v) is 6.38. The highest BCUT2D eigenvalue weighted by molar-refractivity contribution is 6.03. The molecule has 0 aliphatic carbocycles. The van der Waals surface area contributed by atoms with Crippen molar-refractivity contribution >= 4 is 11.6 Å². The van der Waals surface area contributed by atoms with E-state index in [2.05, 4.69) is 20.3 Å². The Morgan fingerprint density at radius 1 is 1.26 bits per heavy atom. The number of para-hydroxylation sites is 1. The van der Waals surface area contributed by atoms with Crippen LogP contribution in [0, 0.1) is 6.92 Å². The number of anilines is 1. The Balaban J connectivity index is 1.65. The van der Waals surface area contributed by atoms with Crippen molar-refractivity contribution in [3.63, 3.8) is 0 Å². The van der Waals surface area contributed by atoms with Crippen LogP contribution in [0.15, 0.2) is 48.8 Å². The van der Waals surface area contributed by atoms with Gasteiger partial charge >= 0.3 is 0 Å². The van der Waals surface area contributed by atoms with Crippen molar-refractivity contribution < 1.29 is 9.53 Å². The molecule has 0 radical (unpaired) electrons. The molecule has 27 heavy (non-hydrogen) atoms. The lowest BCUT2D eigenvalue weighted by Gasteiger charge is -2.23. The second-order valence-electron chi connectivity index (χ2n) is 6.38. The van der Waals surface area contributed by atoms with Gasteiger partial charge in [0, 0.05) is 6.61 Å². The van der Waals surface area contributed by atoms with Crippen LogP contribution in [-0.4, -0.2) is 50.1 Å². The summed E-state index contributed by atoms with van der Waals surface area (Å²) in [6, 6.07) is 11.4. The van der Waals surface area contributed by atoms with Crippen LogP contribution in [0.3, 0.4) is 0 Å². The minimum atomic E-state index is -0.281. The summed E-state index contributed by atoms with van der Waals surface area (Å²) in [6.45, 7) is 2.99. The van der Waals surface area contributed by atoms with E-state index in [1.165, 1.54) is 0 Å². The Kier molecular flexibility index (Phi) is 4.88. The van der Waals surface area contributed by atoms with Crippen LogP contribution in [0.2, 0.25) is 0 Å². The number of carbonyl (C=O) groups excluding carboxylic acids is 1. The van der Waals surface area contributed by atoms with Crippen LogP contribution in [0.25, 0.3) is 5.69 Å². The van der Waals surface area contributed by atoms with Crippen molar-refractivity contribution in [2.24, 2.45) is 0 Å². The number of hydrogen-bond acceptors (Lipinski definition) is 6. The zero-order valence-electron chi connectivity index (χ0n) is 15.0. The molecule has 0 spiro atoms. The van der Waals surface area contributed by atoms with Gasteiger partial charge in [-0.3, -0.25) is 4.79 Å². The molecule has 1 aliphatic heterocycles. The summed E-state index contributed by atoms with van der Waals surface area (Å²) < 4.78 is 7.38. The summed E-state index contributed by atoms with van der Waals surface area (Å²) >= 11 is 0. The lowest BCUT2D eigenvalue weighted by atomic mass is 10.2. The third-order valence-corrected chi connectivity index (χ3v) is 4.50. The first-order valence-corrected chi connectivity index (χ1v) is 8.91. The van der Waals surface area contributed by atoms with Gasteiger partial charge in [-0.15, -0.1) is 5.10 Å². The molecule has 1 fully saturated rings. The Morgan fingerprint density at radius 2 is 2.11 bits per heavy atom. The van der Waals surface area contributed by atoms with Crippen molar-refractivity contribution in [1.82, 2.24) is 25.0 Å². The number of benzene rings is 1. The molecule has 3 aromatic rings. The summed E-state index contributed by atoms with van der Waals surface area (Å²) in [6.07, 6.45) is 5.05. The molecule has 2 aromatic heterocycles. The highest BCUT2D eigenvalue weighted by Crippen LogP contribution is 2.20. The predicted molar refractivity (Wildman–Crippen MR) is 98.8 cm³/mol. The SMILES string of the molecule is Cc1nc(C(=O)N(CC2CCCO2)c2ccnnc2)nn1-c1ccccc1. The smallest absolute Gasteiger partial charge is 0.298 e. The molecule has 4 rings (SSSR count). The molecule has 1 aliphatic rings. The van der Waals surface area contributed by atoms with Crippen molar-refractivity contribution in [3.05, 3.63) is 60.4 Å². The van der Waals surface area contributed by atoms with E-state index in [1.54, 1.807) is 28.0 Å². The zero-order chi connectivity index (χ0) is 18.6. The standard InChI is InChI=1S/C19H20N6O2/c1-14-22-18(23-25(14)15-6-3-2-4-7-15)19(26)24(13-17-8-5-11-27-17)16-9-10-20-21-12-16/h2-4,6-7,9-10,12,17H,5,8,11,13H2,1H3. The van der Waals surface area contributed by atoms with E-state index in [1.807, 2.05) is 37.3 Å². The fourth-order valence-electron chi connectivity index (χ4n) is 3.16. The molecule has 3 heterocycles. The molecular formula is C19H20N6O2. The van der Waals surface area contributed by atoms with E-state index in [-0.39, 0.29) is 17.8 Å². The summed E-state index contributed by atoms with van der Waals surface area (Å²) in [5.74, 6) is 0.511. The molecule has 0 N–H and O–H groups in total. The van der Waals surface area contributed by atoms with Gasteiger partial charge in [-0.25, -0.2) is 9.67 Å². The average molecular weight is 364 g/mol. The van der Waals surface area contributed by atoms with E-state index in [0.717, 1.165) is 25.1 Å². The Bertz CT molecular complexity index is 906. The van der Waals surface area contributed by atoms with Gasteiger partial charge in [0.15, 0.2) is 0 Å². The minimum absolute atomic E-state index is 0.000536. The Morgan fingerprint density at radius 3 is 2.81 bits per heavy atom. The van der Waals surface area contributed by atoms with Gasteiger partial charge in [-0.05, 0) is 38.0 Å². The van der Waals surface area contributed by atoms with Gasteiger partial charge < -0.3 is 9.64 Å². The number of ether oxygens (including phenoxy) is 1. The summed E-state index contributed by atoms with van der Waals surface area (Å²) in [5, 5.41) is 12.1. The topological polar surface area (TPSA) is 86.0 Å². The maximum Gasteiger partial charge on any atom is 0.298 e. The van der Waals surface area contributed by atoms with Gasteiger partial charge in [-0.2, -0.15) is 10.2 Å². The molecule has 1 aromatic carbocycles. The highest BCUT2D eigenvalue weighted by atomic mass is 16.5. The number of rotatable bonds is 5. The molecule has 1 saturated heterocycles. The van der Waals surface area contributed by atoms with Crippen LogP contribution in [0.4, 0.5) is 5.69 Å². The number of amides is 1. The van der Waals surface area contributed by atoms with Crippen LogP contribution in [0.1, 0.15) is 29.3 Å². The maximum atomic E-state index is 13.2. The molecule has 0 bridgehead atoms. The normalized spacial score (nSPS) is 16.4. The van der Waals surface area contributed by atoms with Gasteiger partial charge in [-0.1, -0.05) is 18.2 Å². The molecule has 0 saturated carbocycles. The quantitative estimate of drug-likeness (QED) is 0.690. The number of hydrogen-bond donors (Lipinski definition) is 0. The minimum Gasteiger partial charge on any atom is -0.376 e. The maximum absolute atomic E-state index is 13.2. The van der Waals surface area contributed by atoms with Gasteiger partial charge in [0.25, 0.3) is 5.91 Å². The third-order valence-electron chi connectivity index (χ3n) is 4.50. The molecule has 1 unspecified atom stereocenters. The number of aromatic nitrogens is 5. The summed E-state index contributed by atoms with van der Waals surface area (Å²) in [4.78, 5) is 19.2. The lowest BCUT2D eigenvalue weighted by Crippen LogP contribution is -2.38. The van der Waals surface area contributed by atoms with Crippen LogP contribution >= 0.6 is 0 Å². The van der Waals surface area contributed by atoms with Gasteiger partial charge in [0.2, 0.25) is 5.82 Å². The van der Waals surface area contributed by atoms with Gasteiger partial charge in [0.05, 0.1) is 36.4 Å². The van der Waals surface area contributed by atoms with E-state index >= 15 is 0 Å². The van der Waals surface area contributed by atoms with Crippen LogP contribution in [-0.2, 0) is 4.74 Å². The largest absolute Gasteiger partial charge is 0.376 e. The van der Waals surface area contributed by atoms with E-state index in [9.17, 15) is 4.79 Å². The van der Waals surface area contributed by atoms with Crippen molar-refractivity contribution in [1.29, 1.82) is 0 Å². The molecular weight excluding hydrogens is 344 g/mol. The second kappa shape index (κ2) is 7.63. The van der Waals surface area contributed by atoms with Crippen molar-refractivity contribution in [2.45, 2.75) is 25.9 Å². The van der Waals surface area contributed by atoms with E-state index in [4.69, 9.17) is 4.74 Å². The predicted octanol–water partition coefficient (Wildman–Crippen LogP) is 2.19. The lowest BCUT2D eigenvalue weighted by molar-refractivity contribution is 0.0909. The first kappa shape index (κ1) is 17.3. The Labute approximate surface area is 156 Å². The number of aryl methyl sites for hydroxylation is 1. The fourth-order valence-corrected chi connectivity index (χ4v) is 3.16. The number of nitrogens with zero attached hydrogens (tertiary/aromatic N) is 6. The monoisotopic (exact) mass is 364 g/mol. The van der Waals surface area contributed by atoms with Crippen LogP contribution < -0.4 is 4.90 Å². The average Bonchev–Trinajstić information content (AvgIpc) is 3.36.